The van der Waals surface area contributed by atoms with E-state index in [0.717, 1.165) is 0 Å². The molecule has 13 heavy (non-hydrogen) atoms. The summed E-state index contributed by atoms with van der Waals surface area (Å²) in [7, 11) is 0. The molecule has 0 bridgehead atoms. The molecule has 0 fully saturated rings. The summed E-state index contributed by atoms with van der Waals surface area (Å²) in [4.78, 5) is 0. The standard InChI is InChI=1S/C9H3F2NS/c10-8-5(4-12)3-7-6(9(8)11)1-2-13-7/h1-3H. The lowest BCUT2D eigenvalue weighted by Crippen LogP contribution is -1.89. The fraction of sp³-hybridized carbons (Fsp3) is 0. The van der Waals surface area contributed by atoms with E-state index in [4.69, 9.17) is 5.26 Å². The van der Waals surface area contributed by atoms with Crippen LogP contribution in [-0.4, -0.2) is 0 Å². The molecular formula is C9H3F2NS. The molecule has 1 nitrogen and oxygen atoms in total. The van der Waals surface area contributed by atoms with Crippen molar-refractivity contribution in [3.8, 4) is 6.07 Å². The molecule has 0 saturated heterocycles. The number of thiophene rings is 1. The van der Waals surface area contributed by atoms with Crippen LogP contribution in [0.5, 0.6) is 0 Å². The van der Waals surface area contributed by atoms with Crippen molar-refractivity contribution in [1.29, 1.82) is 5.26 Å². The molecule has 1 aromatic carbocycles. The van der Waals surface area contributed by atoms with Gasteiger partial charge < -0.3 is 0 Å². The fourth-order valence-electron chi connectivity index (χ4n) is 1.13. The van der Waals surface area contributed by atoms with Crippen molar-refractivity contribution >= 4 is 21.4 Å². The first-order chi connectivity index (χ1) is 6.24. The van der Waals surface area contributed by atoms with Gasteiger partial charge in [-0.15, -0.1) is 11.3 Å². The van der Waals surface area contributed by atoms with Crippen LogP contribution in [0.1, 0.15) is 5.56 Å². The van der Waals surface area contributed by atoms with E-state index in [0.29, 0.717) is 4.70 Å². The molecule has 0 atom stereocenters. The van der Waals surface area contributed by atoms with Gasteiger partial charge in [-0.2, -0.15) is 5.26 Å². The molecule has 0 aliphatic carbocycles. The zero-order valence-electron chi connectivity index (χ0n) is 6.34. The number of halogens is 2. The molecule has 0 N–H and O–H groups in total. The Morgan fingerprint density at radius 3 is 2.77 bits per heavy atom. The van der Waals surface area contributed by atoms with Crippen molar-refractivity contribution in [3.63, 3.8) is 0 Å². The topological polar surface area (TPSA) is 23.8 Å². The summed E-state index contributed by atoms with van der Waals surface area (Å²) in [5.41, 5.74) is -0.243. The Labute approximate surface area is 76.8 Å². The predicted octanol–water partition coefficient (Wildman–Crippen LogP) is 3.05. The number of nitriles is 1. The smallest absolute Gasteiger partial charge is 0.177 e. The zero-order chi connectivity index (χ0) is 9.42. The molecule has 4 heteroatoms. The van der Waals surface area contributed by atoms with Crippen molar-refractivity contribution in [1.82, 2.24) is 0 Å². The molecule has 0 unspecified atom stereocenters. The van der Waals surface area contributed by atoms with Gasteiger partial charge in [0.15, 0.2) is 11.6 Å². The molecule has 0 saturated carbocycles. The van der Waals surface area contributed by atoms with Crippen LogP contribution < -0.4 is 0 Å². The van der Waals surface area contributed by atoms with E-state index in [9.17, 15) is 8.78 Å². The highest BCUT2D eigenvalue weighted by Crippen LogP contribution is 2.27. The number of nitrogens with zero attached hydrogens (tertiary/aromatic N) is 1. The molecule has 0 spiro atoms. The van der Waals surface area contributed by atoms with Crippen molar-refractivity contribution in [2.45, 2.75) is 0 Å². The van der Waals surface area contributed by atoms with Gasteiger partial charge in [-0.25, -0.2) is 8.78 Å². The third-order valence-corrected chi connectivity index (χ3v) is 2.62. The lowest BCUT2D eigenvalue weighted by Gasteiger charge is -1.96. The number of hydrogen-bond acceptors (Lipinski definition) is 2. The third kappa shape index (κ3) is 1.09. The minimum atomic E-state index is -1.06. The van der Waals surface area contributed by atoms with Gasteiger partial charge in [-0.05, 0) is 17.5 Å². The monoisotopic (exact) mass is 195 g/mol. The highest BCUT2D eigenvalue weighted by molar-refractivity contribution is 7.17. The van der Waals surface area contributed by atoms with E-state index in [1.54, 1.807) is 11.4 Å². The molecule has 1 heterocycles. The zero-order valence-corrected chi connectivity index (χ0v) is 7.16. The average molecular weight is 195 g/mol. The van der Waals surface area contributed by atoms with E-state index < -0.39 is 11.6 Å². The largest absolute Gasteiger partial charge is 0.203 e. The van der Waals surface area contributed by atoms with Gasteiger partial charge in [-0.3, -0.25) is 0 Å². The van der Waals surface area contributed by atoms with Crippen LogP contribution in [0.2, 0.25) is 0 Å². The Hall–Kier alpha value is -1.47. The predicted molar refractivity (Wildman–Crippen MR) is 46.5 cm³/mol. The molecular weight excluding hydrogens is 192 g/mol. The van der Waals surface area contributed by atoms with Crippen LogP contribution in [0.4, 0.5) is 8.78 Å². The van der Waals surface area contributed by atoms with E-state index in [1.807, 2.05) is 0 Å². The van der Waals surface area contributed by atoms with E-state index in [1.165, 1.54) is 23.5 Å². The highest BCUT2D eigenvalue weighted by atomic mass is 32.1. The first-order valence-electron chi connectivity index (χ1n) is 3.49. The summed E-state index contributed by atoms with van der Waals surface area (Å²) in [6, 6.07) is 4.47. The van der Waals surface area contributed by atoms with Crippen LogP contribution >= 0.6 is 11.3 Å². The van der Waals surface area contributed by atoms with Gasteiger partial charge in [0.2, 0.25) is 0 Å². The minimum Gasteiger partial charge on any atom is -0.203 e. The lowest BCUT2D eigenvalue weighted by atomic mass is 10.1. The van der Waals surface area contributed by atoms with Gasteiger partial charge in [0.25, 0.3) is 0 Å². The van der Waals surface area contributed by atoms with Crippen molar-refractivity contribution in [2.75, 3.05) is 0 Å². The minimum absolute atomic E-state index is 0.238. The summed E-state index contributed by atoms with van der Waals surface area (Å²) >= 11 is 1.28. The Balaban J connectivity index is 2.94. The van der Waals surface area contributed by atoms with Crippen LogP contribution in [-0.2, 0) is 0 Å². The Bertz CT molecular complexity index is 510. The molecule has 1 aromatic heterocycles. The lowest BCUT2D eigenvalue weighted by molar-refractivity contribution is 0.515. The maximum atomic E-state index is 13.2. The SMILES string of the molecule is N#Cc1cc2sccc2c(F)c1F. The normalized spacial score (nSPS) is 10.2. The summed E-state index contributed by atoms with van der Waals surface area (Å²) in [5.74, 6) is -2.00. The molecule has 64 valence electrons. The van der Waals surface area contributed by atoms with Crippen molar-refractivity contribution in [3.05, 3.63) is 34.7 Å². The second-order valence-corrected chi connectivity index (χ2v) is 3.44. The Kier molecular flexibility index (Phi) is 1.74. The molecule has 2 rings (SSSR count). The van der Waals surface area contributed by atoms with Gasteiger partial charge in [0.05, 0.1) is 5.56 Å². The Morgan fingerprint density at radius 2 is 2.08 bits per heavy atom. The molecule has 0 radical (unpaired) electrons. The van der Waals surface area contributed by atoms with Gasteiger partial charge in [0.1, 0.15) is 6.07 Å². The van der Waals surface area contributed by atoms with Crippen LogP contribution in [0.25, 0.3) is 10.1 Å². The van der Waals surface area contributed by atoms with Gasteiger partial charge in [0, 0.05) is 10.1 Å². The summed E-state index contributed by atoms with van der Waals surface area (Å²) in [6.07, 6.45) is 0. The second kappa shape index (κ2) is 2.79. The number of benzene rings is 1. The maximum absolute atomic E-state index is 13.2. The van der Waals surface area contributed by atoms with Gasteiger partial charge >= 0.3 is 0 Å². The highest BCUT2D eigenvalue weighted by Gasteiger charge is 2.13. The number of rotatable bonds is 0. The molecule has 0 amide bonds. The molecule has 2 aromatic rings. The summed E-state index contributed by atoms with van der Waals surface area (Å²) in [5, 5.41) is 10.4. The number of fused-ring (bicyclic) bond motifs is 1. The number of hydrogen-bond donors (Lipinski definition) is 0. The van der Waals surface area contributed by atoms with Crippen LogP contribution in [0.3, 0.4) is 0 Å². The first kappa shape index (κ1) is 8.14. The quantitative estimate of drug-likeness (QED) is 0.633. The molecule has 0 aliphatic rings. The van der Waals surface area contributed by atoms with E-state index >= 15 is 0 Å². The van der Waals surface area contributed by atoms with E-state index in [-0.39, 0.29) is 10.9 Å². The van der Waals surface area contributed by atoms with Crippen molar-refractivity contribution in [2.24, 2.45) is 0 Å². The second-order valence-electron chi connectivity index (χ2n) is 2.50. The Morgan fingerprint density at radius 1 is 1.31 bits per heavy atom. The van der Waals surface area contributed by atoms with Crippen LogP contribution in [0.15, 0.2) is 17.5 Å². The maximum Gasteiger partial charge on any atom is 0.177 e. The van der Waals surface area contributed by atoms with Crippen molar-refractivity contribution < 1.29 is 8.78 Å². The summed E-state index contributed by atoms with van der Waals surface area (Å²) in [6.45, 7) is 0. The fourth-order valence-corrected chi connectivity index (χ4v) is 1.95. The van der Waals surface area contributed by atoms with E-state index in [2.05, 4.69) is 0 Å². The average Bonchev–Trinajstić information content (AvgIpc) is 2.59. The van der Waals surface area contributed by atoms with Crippen LogP contribution in [0, 0.1) is 23.0 Å². The van der Waals surface area contributed by atoms with Gasteiger partial charge in [-0.1, -0.05) is 0 Å². The first-order valence-corrected chi connectivity index (χ1v) is 4.37. The molecule has 0 aliphatic heterocycles. The third-order valence-electron chi connectivity index (χ3n) is 1.76. The summed E-state index contributed by atoms with van der Waals surface area (Å²) < 4.78 is 26.8.